The summed E-state index contributed by atoms with van der Waals surface area (Å²) in [7, 11) is -3.17. The minimum Gasteiger partial charge on any atom is -0.475 e. The van der Waals surface area contributed by atoms with Crippen molar-refractivity contribution < 1.29 is 22.7 Å². The summed E-state index contributed by atoms with van der Waals surface area (Å²) in [5, 5.41) is 8.68. The lowest BCUT2D eigenvalue weighted by Gasteiger charge is -2.00. The molecule has 0 spiro atoms. The zero-order valence-corrected chi connectivity index (χ0v) is 10.0. The Bertz CT molecular complexity index is 483. The van der Waals surface area contributed by atoms with E-state index in [1.54, 1.807) is 13.8 Å². The highest BCUT2D eigenvalue weighted by molar-refractivity contribution is 7.90. The zero-order valence-electron chi connectivity index (χ0n) is 9.19. The first-order valence-electron chi connectivity index (χ1n) is 4.88. The second-order valence-corrected chi connectivity index (χ2v) is 5.77. The molecule has 1 rings (SSSR count). The molecule has 1 heterocycles. The molecule has 1 aromatic heterocycles. The average Bonchev–Trinajstić information content (AvgIpc) is 2.47. The van der Waals surface area contributed by atoms with Crippen LogP contribution in [0.5, 0.6) is 0 Å². The van der Waals surface area contributed by atoms with Crippen molar-refractivity contribution in [1.29, 1.82) is 0 Å². The Balaban J connectivity index is 2.94. The highest BCUT2D eigenvalue weighted by Gasteiger charge is 2.18. The normalized spacial score (nSPS) is 11.6. The van der Waals surface area contributed by atoms with Crippen LogP contribution >= 0.6 is 0 Å². The summed E-state index contributed by atoms with van der Waals surface area (Å²) in [6.07, 6.45) is 0.547. The van der Waals surface area contributed by atoms with Gasteiger partial charge < -0.3 is 9.52 Å². The summed E-state index contributed by atoms with van der Waals surface area (Å²) in [6.45, 7) is 3.34. The smallest absolute Gasteiger partial charge is 0.371 e. The Hall–Kier alpha value is -1.30. The first-order chi connectivity index (χ1) is 7.35. The number of carboxylic acid groups (broad SMARTS) is 1. The molecule has 90 valence electrons. The number of hydrogen-bond donors (Lipinski definition) is 1. The molecule has 0 bridgehead atoms. The van der Waals surface area contributed by atoms with Gasteiger partial charge in [-0.25, -0.2) is 13.2 Å². The van der Waals surface area contributed by atoms with Gasteiger partial charge in [0.2, 0.25) is 5.76 Å². The Labute approximate surface area is 94.0 Å². The van der Waals surface area contributed by atoms with Crippen molar-refractivity contribution in [3.8, 4) is 0 Å². The van der Waals surface area contributed by atoms with E-state index in [0.717, 1.165) is 0 Å². The van der Waals surface area contributed by atoms with Crippen LogP contribution in [0, 0.1) is 6.92 Å². The molecule has 0 radical (unpaired) electrons. The predicted molar refractivity (Wildman–Crippen MR) is 58.2 cm³/mol. The third-order valence-electron chi connectivity index (χ3n) is 2.12. The van der Waals surface area contributed by atoms with Crippen molar-refractivity contribution >= 4 is 15.8 Å². The molecule has 0 fully saturated rings. The van der Waals surface area contributed by atoms with E-state index >= 15 is 0 Å². The molecule has 0 aliphatic heterocycles. The van der Waals surface area contributed by atoms with E-state index in [1.165, 1.54) is 6.07 Å². The minimum atomic E-state index is -3.17. The molecular weight excluding hydrogens is 232 g/mol. The molecule has 1 N–H and O–H groups in total. The van der Waals surface area contributed by atoms with Crippen molar-refractivity contribution in [2.75, 3.05) is 5.75 Å². The molecule has 6 heteroatoms. The van der Waals surface area contributed by atoms with Crippen LogP contribution in [0.3, 0.4) is 0 Å². The number of furan rings is 1. The minimum absolute atomic E-state index is 0.0972. The Morgan fingerprint density at radius 2 is 2.12 bits per heavy atom. The fourth-order valence-electron chi connectivity index (χ4n) is 1.39. The summed E-state index contributed by atoms with van der Waals surface area (Å²) in [6, 6.07) is 1.27. The Morgan fingerprint density at radius 3 is 2.56 bits per heavy atom. The summed E-state index contributed by atoms with van der Waals surface area (Å²) >= 11 is 0. The van der Waals surface area contributed by atoms with Gasteiger partial charge in [0.05, 0.1) is 11.5 Å². The molecule has 16 heavy (non-hydrogen) atoms. The van der Waals surface area contributed by atoms with Gasteiger partial charge in [-0.3, -0.25) is 0 Å². The molecule has 0 aliphatic carbocycles. The third-order valence-corrected chi connectivity index (χ3v) is 3.90. The van der Waals surface area contributed by atoms with Crippen molar-refractivity contribution in [2.45, 2.75) is 26.0 Å². The maximum absolute atomic E-state index is 11.5. The topological polar surface area (TPSA) is 84.6 Å². The largest absolute Gasteiger partial charge is 0.475 e. The number of aryl methyl sites for hydroxylation is 1. The second kappa shape index (κ2) is 4.69. The lowest BCUT2D eigenvalue weighted by molar-refractivity contribution is 0.0661. The van der Waals surface area contributed by atoms with Crippen LogP contribution in [0.2, 0.25) is 0 Å². The van der Waals surface area contributed by atoms with E-state index in [-0.39, 0.29) is 17.3 Å². The van der Waals surface area contributed by atoms with E-state index in [0.29, 0.717) is 17.7 Å². The first kappa shape index (κ1) is 12.8. The number of rotatable bonds is 5. The number of aromatic carboxylic acids is 1. The number of hydrogen-bond acceptors (Lipinski definition) is 4. The van der Waals surface area contributed by atoms with E-state index in [9.17, 15) is 13.2 Å². The third kappa shape index (κ3) is 3.10. The molecule has 0 amide bonds. The van der Waals surface area contributed by atoms with Crippen molar-refractivity contribution in [3.63, 3.8) is 0 Å². The van der Waals surface area contributed by atoms with E-state index in [4.69, 9.17) is 9.52 Å². The van der Waals surface area contributed by atoms with Gasteiger partial charge in [0.25, 0.3) is 0 Å². The molecule has 0 atom stereocenters. The van der Waals surface area contributed by atoms with Gasteiger partial charge >= 0.3 is 5.97 Å². The van der Waals surface area contributed by atoms with Crippen LogP contribution in [-0.2, 0) is 15.6 Å². The van der Waals surface area contributed by atoms with Gasteiger partial charge in [0, 0.05) is 5.56 Å². The van der Waals surface area contributed by atoms with Crippen LogP contribution in [-0.4, -0.2) is 25.2 Å². The fraction of sp³-hybridized carbons (Fsp3) is 0.500. The zero-order chi connectivity index (χ0) is 12.3. The van der Waals surface area contributed by atoms with Crippen LogP contribution in [0.1, 0.15) is 35.2 Å². The first-order valence-corrected chi connectivity index (χ1v) is 6.71. The van der Waals surface area contributed by atoms with Crippen LogP contribution in [0.25, 0.3) is 0 Å². The lowest BCUT2D eigenvalue weighted by Crippen LogP contribution is -2.08. The quantitative estimate of drug-likeness (QED) is 0.853. The maximum Gasteiger partial charge on any atom is 0.371 e. The van der Waals surface area contributed by atoms with Gasteiger partial charge in [0.15, 0.2) is 9.84 Å². The lowest BCUT2D eigenvalue weighted by atomic mass is 10.3. The summed E-state index contributed by atoms with van der Waals surface area (Å²) in [5.74, 6) is -1.14. The predicted octanol–water partition coefficient (Wildman–Crippen LogP) is 1.61. The van der Waals surface area contributed by atoms with Gasteiger partial charge in [-0.2, -0.15) is 0 Å². The summed E-state index contributed by atoms with van der Waals surface area (Å²) in [4.78, 5) is 10.6. The average molecular weight is 246 g/mol. The summed E-state index contributed by atoms with van der Waals surface area (Å²) < 4.78 is 28.0. The van der Waals surface area contributed by atoms with Gasteiger partial charge in [-0.1, -0.05) is 6.92 Å². The molecule has 1 aromatic rings. The molecule has 5 nitrogen and oxygen atoms in total. The molecule has 0 unspecified atom stereocenters. The SMILES string of the molecule is CCCS(=O)(=O)Cc1cc(C(=O)O)oc1C. The van der Waals surface area contributed by atoms with E-state index < -0.39 is 15.8 Å². The van der Waals surface area contributed by atoms with Gasteiger partial charge in [-0.05, 0) is 19.4 Å². The maximum atomic E-state index is 11.5. The monoisotopic (exact) mass is 246 g/mol. The van der Waals surface area contributed by atoms with Gasteiger partial charge in [0.1, 0.15) is 5.76 Å². The van der Waals surface area contributed by atoms with Crippen molar-refractivity contribution in [2.24, 2.45) is 0 Å². The fourth-order valence-corrected chi connectivity index (χ4v) is 2.92. The van der Waals surface area contributed by atoms with Crippen molar-refractivity contribution in [1.82, 2.24) is 0 Å². The number of carbonyl (C=O) groups is 1. The molecule has 0 saturated carbocycles. The molecule has 0 aromatic carbocycles. The van der Waals surface area contributed by atoms with Gasteiger partial charge in [-0.15, -0.1) is 0 Å². The van der Waals surface area contributed by atoms with Crippen LogP contribution < -0.4 is 0 Å². The molecular formula is C10H14O5S. The van der Waals surface area contributed by atoms with Crippen molar-refractivity contribution in [3.05, 3.63) is 23.2 Å². The van der Waals surface area contributed by atoms with E-state index in [1.807, 2.05) is 0 Å². The van der Waals surface area contributed by atoms with Crippen LogP contribution in [0.15, 0.2) is 10.5 Å². The van der Waals surface area contributed by atoms with Crippen LogP contribution in [0.4, 0.5) is 0 Å². The molecule has 0 saturated heterocycles. The number of sulfone groups is 1. The standard InChI is InChI=1S/C10H14O5S/c1-3-4-16(13,14)6-8-5-9(10(11)12)15-7(8)2/h5H,3-4,6H2,1-2H3,(H,11,12). The Kier molecular flexibility index (Phi) is 3.74. The Morgan fingerprint density at radius 1 is 1.50 bits per heavy atom. The number of carboxylic acids is 1. The highest BCUT2D eigenvalue weighted by atomic mass is 32.2. The molecule has 0 aliphatic rings. The second-order valence-electron chi connectivity index (χ2n) is 3.59. The van der Waals surface area contributed by atoms with E-state index in [2.05, 4.69) is 0 Å². The highest BCUT2D eigenvalue weighted by Crippen LogP contribution is 2.18. The summed E-state index contributed by atoms with van der Waals surface area (Å²) in [5.41, 5.74) is 0.422.